The third kappa shape index (κ3) is 8.26. The molecule has 0 N–H and O–H groups in total. The van der Waals surface area contributed by atoms with E-state index in [-0.39, 0.29) is 0 Å². The van der Waals surface area contributed by atoms with Gasteiger partial charge in [-0.1, -0.05) is 57.7 Å². The second-order valence-electron chi connectivity index (χ2n) is 6.28. The predicted octanol–water partition coefficient (Wildman–Crippen LogP) is 6.37. The molecule has 0 aliphatic heterocycles. The van der Waals surface area contributed by atoms with Gasteiger partial charge in [-0.2, -0.15) is 0 Å². The first-order valence-electron chi connectivity index (χ1n) is 9.00. The van der Waals surface area contributed by atoms with Crippen LogP contribution in [0.15, 0.2) is 30.9 Å². The Labute approximate surface area is 137 Å². The molecule has 22 heavy (non-hydrogen) atoms. The fourth-order valence-electron chi connectivity index (χ4n) is 2.55. The van der Waals surface area contributed by atoms with Crippen LogP contribution in [0.3, 0.4) is 0 Å². The van der Waals surface area contributed by atoms with E-state index in [1.807, 2.05) is 18.2 Å². The molecule has 1 heteroatoms. The lowest BCUT2D eigenvalue weighted by Gasteiger charge is -2.11. The average Bonchev–Trinajstić information content (AvgIpc) is 2.55. The Hall–Kier alpha value is -1.24. The monoisotopic (exact) mass is 301 g/mol. The third-order valence-electron chi connectivity index (χ3n) is 4.31. The van der Waals surface area contributed by atoms with Gasteiger partial charge in [0, 0.05) is 0 Å². The summed E-state index contributed by atoms with van der Waals surface area (Å²) in [5, 5.41) is 0. The van der Waals surface area contributed by atoms with E-state index in [0.29, 0.717) is 0 Å². The van der Waals surface area contributed by atoms with Gasteiger partial charge < -0.3 is 4.74 Å². The highest BCUT2D eigenvalue weighted by molar-refractivity contribution is 5.32. The van der Waals surface area contributed by atoms with Crippen LogP contribution in [0.2, 0.25) is 0 Å². The Balaban J connectivity index is 2.26. The van der Waals surface area contributed by atoms with Crippen molar-refractivity contribution in [1.29, 1.82) is 0 Å². The Bertz CT molecular complexity index is 397. The zero-order valence-corrected chi connectivity index (χ0v) is 14.6. The van der Waals surface area contributed by atoms with Gasteiger partial charge in [-0.25, -0.2) is 0 Å². The smallest absolute Gasteiger partial charge is 0.123 e. The van der Waals surface area contributed by atoms with Gasteiger partial charge in [0.05, 0.1) is 6.61 Å². The molecule has 1 nitrogen and oxygen atoms in total. The highest BCUT2D eigenvalue weighted by Gasteiger charge is 2.04. The Morgan fingerprint density at radius 3 is 2.86 bits per heavy atom. The molecule has 0 aliphatic carbocycles. The Morgan fingerprint density at radius 2 is 2.09 bits per heavy atom. The second kappa shape index (κ2) is 12.3. The molecule has 0 saturated carbocycles. The number of allylic oxidation sites excluding steroid dienone is 1. The highest BCUT2D eigenvalue weighted by atomic mass is 16.5. The van der Waals surface area contributed by atoms with Crippen LogP contribution in [0.5, 0.6) is 5.75 Å². The van der Waals surface area contributed by atoms with Gasteiger partial charge in [-0.3, -0.25) is 0 Å². The normalized spacial score (nSPS) is 12.1. The fourth-order valence-corrected chi connectivity index (χ4v) is 2.55. The van der Waals surface area contributed by atoms with Crippen molar-refractivity contribution in [3.63, 3.8) is 0 Å². The van der Waals surface area contributed by atoms with E-state index in [2.05, 4.69) is 32.6 Å². The maximum atomic E-state index is 5.93. The third-order valence-corrected chi connectivity index (χ3v) is 4.31. The quantitative estimate of drug-likeness (QED) is 0.304. The molecule has 0 amide bonds. The van der Waals surface area contributed by atoms with Gasteiger partial charge >= 0.3 is 0 Å². The van der Waals surface area contributed by atoms with E-state index in [0.717, 1.165) is 44.0 Å². The summed E-state index contributed by atoms with van der Waals surface area (Å²) in [7, 11) is 0. The summed E-state index contributed by atoms with van der Waals surface area (Å²) < 4.78 is 5.93. The fraction of sp³-hybridized carbons (Fsp3) is 0.619. The summed E-state index contributed by atoms with van der Waals surface area (Å²) in [6.45, 7) is 9.18. The van der Waals surface area contributed by atoms with E-state index in [9.17, 15) is 0 Å². The van der Waals surface area contributed by atoms with Gasteiger partial charge in [0.15, 0.2) is 0 Å². The van der Waals surface area contributed by atoms with Crippen LogP contribution < -0.4 is 4.74 Å². The van der Waals surface area contributed by atoms with Gasteiger partial charge in [0.1, 0.15) is 5.75 Å². The molecule has 1 aromatic carbocycles. The molecular weight excluding hydrogens is 268 g/mol. The molecule has 0 saturated heterocycles. The molecule has 0 spiro atoms. The van der Waals surface area contributed by atoms with Gasteiger partial charge in [-0.05, 0) is 55.7 Å². The van der Waals surface area contributed by atoms with Crippen molar-refractivity contribution in [3.05, 3.63) is 42.5 Å². The largest absolute Gasteiger partial charge is 0.493 e. The summed E-state index contributed by atoms with van der Waals surface area (Å²) in [4.78, 5) is 0. The Morgan fingerprint density at radius 1 is 1.23 bits per heavy atom. The van der Waals surface area contributed by atoms with Crippen molar-refractivity contribution in [2.75, 3.05) is 6.61 Å². The van der Waals surface area contributed by atoms with Crippen LogP contribution in [0, 0.1) is 12.0 Å². The summed E-state index contributed by atoms with van der Waals surface area (Å²) >= 11 is 0. The summed E-state index contributed by atoms with van der Waals surface area (Å²) in [5.74, 6) is 1.91. The van der Waals surface area contributed by atoms with Crippen molar-refractivity contribution < 1.29 is 4.74 Å². The van der Waals surface area contributed by atoms with E-state index in [1.165, 1.54) is 37.7 Å². The number of unbranched alkanes of at least 4 members (excludes halogenated alkanes) is 4. The van der Waals surface area contributed by atoms with Crippen LogP contribution in [0.1, 0.15) is 70.8 Å². The van der Waals surface area contributed by atoms with Crippen molar-refractivity contribution in [3.8, 4) is 5.75 Å². The molecule has 0 heterocycles. The Kier molecular flexibility index (Phi) is 10.5. The SMILES string of the molecule is C=CCCCCOc1c[c]ccc1CCCCCC(C)CC. The number of benzene rings is 1. The number of hydrogen-bond acceptors (Lipinski definition) is 1. The zero-order chi connectivity index (χ0) is 16.0. The lowest BCUT2D eigenvalue weighted by atomic mass is 9.99. The van der Waals surface area contributed by atoms with Crippen LogP contribution >= 0.6 is 0 Å². The van der Waals surface area contributed by atoms with Crippen molar-refractivity contribution in [2.45, 2.75) is 71.6 Å². The predicted molar refractivity (Wildman–Crippen MR) is 96.4 cm³/mol. The first-order chi connectivity index (χ1) is 10.8. The lowest BCUT2D eigenvalue weighted by molar-refractivity contribution is 0.304. The van der Waals surface area contributed by atoms with E-state index >= 15 is 0 Å². The van der Waals surface area contributed by atoms with Crippen molar-refractivity contribution in [2.24, 2.45) is 5.92 Å². The molecule has 1 atom stereocenters. The topological polar surface area (TPSA) is 9.23 Å². The standard InChI is InChI=1S/C21H33O/c1-4-6-7-13-18-22-21-17-12-11-16-20(21)15-10-8-9-14-19(3)5-2/h4,11,16-17,19H,1,5-10,13-15,18H2,2-3H3. The molecular formula is C21H33O. The number of rotatable bonds is 13. The summed E-state index contributed by atoms with van der Waals surface area (Å²) in [6, 6.07) is 9.28. The highest BCUT2D eigenvalue weighted by Crippen LogP contribution is 2.21. The molecule has 0 fully saturated rings. The second-order valence-corrected chi connectivity index (χ2v) is 6.28. The summed E-state index contributed by atoms with van der Waals surface area (Å²) in [6.07, 6.45) is 13.0. The molecule has 0 aromatic heterocycles. The maximum absolute atomic E-state index is 5.93. The molecule has 0 bridgehead atoms. The van der Waals surface area contributed by atoms with Crippen LogP contribution in [0.25, 0.3) is 0 Å². The molecule has 1 unspecified atom stereocenters. The number of hydrogen-bond donors (Lipinski definition) is 0. The first kappa shape index (κ1) is 18.8. The molecule has 123 valence electrons. The minimum atomic E-state index is 0.798. The van der Waals surface area contributed by atoms with Gasteiger partial charge in [0.2, 0.25) is 0 Å². The molecule has 1 radical (unpaired) electrons. The van der Waals surface area contributed by atoms with Crippen molar-refractivity contribution in [1.82, 2.24) is 0 Å². The van der Waals surface area contributed by atoms with Crippen LogP contribution in [0.4, 0.5) is 0 Å². The van der Waals surface area contributed by atoms with E-state index in [1.54, 1.807) is 0 Å². The number of ether oxygens (including phenoxy) is 1. The van der Waals surface area contributed by atoms with Crippen LogP contribution in [-0.4, -0.2) is 6.61 Å². The van der Waals surface area contributed by atoms with E-state index < -0.39 is 0 Å². The first-order valence-corrected chi connectivity index (χ1v) is 9.00. The average molecular weight is 301 g/mol. The van der Waals surface area contributed by atoms with Crippen LogP contribution in [-0.2, 0) is 6.42 Å². The van der Waals surface area contributed by atoms with Gasteiger partial charge in [-0.15, -0.1) is 6.58 Å². The minimum Gasteiger partial charge on any atom is -0.493 e. The lowest BCUT2D eigenvalue weighted by Crippen LogP contribution is -2.00. The minimum absolute atomic E-state index is 0.798. The zero-order valence-electron chi connectivity index (χ0n) is 14.6. The van der Waals surface area contributed by atoms with Crippen molar-refractivity contribution >= 4 is 0 Å². The molecule has 1 aromatic rings. The molecule has 0 aliphatic rings. The number of aryl methyl sites for hydroxylation is 1. The summed E-state index contributed by atoms with van der Waals surface area (Å²) in [5.41, 5.74) is 1.34. The molecule has 1 rings (SSSR count). The maximum Gasteiger partial charge on any atom is 0.123 e. The van der Waals surface area contributed by atoms with Gasteiger partial charge in [0.25, 0.3) is 0 Å². The van der Waals surface area contributed by atoms with E-state index in [4.69, 9.17) is 4.74 Å².